The molecule has 0 aromatic rings. The van der Waals surface area contributed by atoms with Crippen LogP contribution >= 0.6 is 0 Å². The Kier molecular flexibility index (Phi) is 60.2. The van der Waals surface area contributed by atoms with E-state index in [0.29, 0.717) is 0 Å². The summed E-state index contributed by atoms with van der Waals surface area (Å²) in [5.74, 6) is 0. The topological polar surface area (TPSA) is 265 Å². The Balaban J connectivity index is -0.0000000257. The maximum atomic E-state index is 8.25. The summed E-state index contributed by atoms with van der Waals surface area (Å²) in [5.41, 5.74) is 0. The summed E-state index contributed by atoms with van der Waals surface area (Å²) >= 11 is 0. The summed E-state index contributed by atoms with van der Waals surface area (Å²) < 4.78 is 0. The zero-order chi connectivity index (χ0) is 14.3. The monoisotopic (exact) mass is 426 g/mol. The van der Waals surface area contributed by atoms with E-state index in [-0.39, 0.29) is 87.0 Å². The minimum absolute atomic E-state index is 0. The standard InChI is InChI=1S/K.La.4NO3/c;;4*2-1(3)4/q+1;+3;4*-1. The van der Waals surface area contributed by atoms with Gasteiger partial charge in [0, 0.05) is 0 Å². The molecular weight excluding hydrogens is 426 g/mol. The van der Waals surface area contributed by atoms with Gasteiger partial charge in [-0.3, -0.25) is 0 Å². The molecule has 0 unspecified atom stereocenters. The first kappa shape index (κ1) is 36.0. The molecule has 0 spiro atoms. The van der Waals surface area contributed by atoms with Crippen molar-refractivity contribution >= 4 is 0 Å². The second-order valence-corrected chi connectivity index (χ2v) is 0.894. The fraction of sp³-hybridized carbons (Fsp3) is 0. The van der Waals surface area contributed by atoms with Crippen molar-refractivity contribution in [2.24, 2.45) is 0 Å². The predicted molar refractivity (Wildman–Crippen MR) is 41.4 cm³/mol. The Morgan fingerprint density at radius 3 is 0.444 bits per heavy atom. The van der Waals surface area contributed by atoms with Crippen LogP contribution in [-0.4, -0.2) is 20.3 Å². The molecule has 0 aromatic heterocycles. The number of nitrogens with zero attached hydrogens (tertiary/aromatic N) is 4. The number of rotatable bonds is 0. The van der Waals surface area contributed by atoms with Gasteiger partial charge < -0.3 is 61.3 Å². The molecule has 0 fully saturated rings. The van der Waals surface area contributed by atoms with Crippen LogP contribution in [0.25, 0.3) is 0 Å². The molecule has 0 radical (unpaired) electrons. The summed E-state index contributed by atoms with van der Waals surface area (Å²) in [6.07, 6.45) is 0. The average molecular weight is 426 g/mol. The average Bonchev–Trinajstić information content (AvgIpc) is 1.76. The summed E-state index contributed by atoms with van der Waals surface area (Å²) in [7, 11) is 0. The van der Waals surface area contributed by atoms with E-state index < -0.39 is 20.3 Å². The molecule has 18 heavy (non-hydrogen) atoms. The molecule has 0 aromatic carbocycles. The van der Waals surface area contributed by atoms with Crippen LogP contribution in [0.5, 0.6) is 0 Å². The van der Waals surface area contributed by atoms with Crippen molar-refractivity contribution in [3.63, 3.8) is 0 Å². The number of hydrogen-bond acceptors (Lipinski definition) is 12. The second kappa shape index (κ2) is 30.0. The van der Waals surface area contributed by atoms with Crippen molar-refractivity contribution < 1.29 is 107 Å². The van der Waals surface area contributed by atoms with Gasteiger partial charge in [0.15, 0.2) is 0 Å². The van der Waals surface area contributed by atoms with Crippen LogP contribution < -0.4 is 51.4 Å². The van der Waals surface area contributed by atoms with Gasteiger partial charge in [-0.2, -0.15) is 0 Å². The van der Waals surface area contributed by atoms with E-state index in [4.69, 9.17) is 61.3 Å². The van der Waals surface area contributed by atoms with Gasteiger partial charge in [0.2, 0.25) is 0 Å². The van der Waals surface area contributed by atoms with Crippen LogP contribution in [0, 0.1) is 96.9 Å². The third-order valence-corrected chi connectivity index (χ3v) is 0. The molecule has 0 amide bonds. The van der Waals surface area contributed by atoms with Crippen LogP contribution in [-0.2, 0) is 0 Å². The van der Waals surface area contributed by atoms with Crippen molar-refractivity contribution in [2.75, 3.05) is 0 Å². The van der Waals surface area contributed by atoms with Gasteiger partial charge in [-0.05, 0) is 0 Å². The minimum atomic E-state index is -1.75. The summed E-state index contributed by atoms with van der Waals surface area (Å²) in [6, 6.07) is 0. The zero-order valence-electron chi connectivity index (χ0n) is 8.27. The summed E-state index contributed by atoms with van der Waals surface area (Å²) in [4.78, 5) is 33.0. The summed E-state index contributed by atoms with van der Waals surface area (Å²) in [5, 5.41) is 59.0. The molecule has 0 aliphatic rings. The second-order valence-electron chi connectivity index (χ2n) is 0.894. The van der Waals surface area contributed by atoms with Crippen LogP contribution in [0.4, 0.5) is 0 Å². The Morgan fingerprint density at radius 1 is 0.444 bits per heavy atom. The molecule has 0 rings (SSSR count). The molecule has 0 bridgehead atoms. The SMILES string of the molecule is O=[N+]([O-])[O-].O=[N+]([O-])[O-].O=[N+]([O-])[O-].O=[N+]([O-])[O-].[K+].[La+3]. The van der Waals surface area contributed by atoms with E-state index in [0.717, 1.165) is 0 Å². The van der Waals surface area contributed by atoms with Crippen molar-refractivity contribution in [3.8, 4) is 0 Å². The first-order chi connectivity index (χ1) is 6.93. The molecule has 0 N–H and O–H groups in total. The van der Waals surface area contributed by atoms with Gasteiger partial charge in [-0.25, -0.2) is 0 Å². The van der Waals surface area contributed by atoms with Crippen molar-refractivity contribution in [1.82, 2.24) is 0 Å². The Bertz CT molecular complexity index is 164. The molecule has 96 valence electrons. The molecule has 0 saturated carbocycles. The first-order valence-electron chi connectivity index (χ1n) is 2.19. The first-order valence-corrected chi connectivity index (χ1v) is 2.19. The minimum Gasteiger partial charge on any atom is -0.356 e. The molecule has 0 atom stereocenters. The Labute approximate surface area is 166 Å². The molecule has 0 aliphatic carbocycles. The maximum absolute atomic E-state index is 8.25. The van der Waals surface area contributed by atoms with Gasteiger partial charge in [-0.1, -0.05) is 0 Å². The zero-order valence-corrected chi connectivity index (χ0v) is 15.0. The Hall–Kier alpha value is -0.369. The third-order valence-electron chi connectivity index (χ3n) is 0. The molecule has 0 saturated heterocycles. The largest absolute Gasteiger partial charge is 3.00 e. The van der Waals surface area contributed by atoms with E-state index in [2.05, 4.69) is 0 Å². The van der Waals surface area contributed by atoms with Crippen molar-refractivity contribution in [1.29, 1.82) is 0 Å². The van der Waals surface area contributed by atoms with E-state index in [9.17, 15) is 0 Å². The smallest absolute Gasteiger partial charge is 0.356 e. The van der Waals surface area contributed by atoms with E-state index in [1.54, 1.807) is 0 Å². The summed E-state index contributed by atoms with van der Waals surface area (Å²) in [6.45, 7) is 0. The fourth-order valence-corrected chi connectivity index (χ4v) is 0. The fourth-order valence-electron chi connectivity index (χ4n) is 0. The maximum Gasteiger partial charge on any atom is 3.00 e. The van der Waals surface area contributed by atoms with Gasteiger partial charge >= 0.3 is 87.0 Å². The Morgan fingerprint density at radius 2 is 0.444 bits per heavy atom. The quantitative estimate of drug-likeness (QED) is 0.204. The number of hydrogen-bond donors (Lipinski definition) is 0. The van der Waals surface area contributed by atoms with E-state index in [1.165, 1.54) is 0 Å². The van der Waals surface area contributed by atoms with Crippen LogP contribution in [0.2, 0.25) is 0 Å². The van der Waals surface area contributed by atoms with Gasteiger partial charge in [0.25, 0.3) is 0 Å². The molecule has 0 aliphatic heterocycles. The van der Waals surface area contributed by atoms with Crippen LogP contribution in [0.3, 0.4) is 0 Å². The van der Waals surface area contributed by atoms with Gasteiger partial charge in [0.1, 0.15) is 0 Å². The third kappa shape index (κ3) is 24600. The van der Waals surface area contributed by atoms with Gasteiger partial charge in [0.05, 0.1) is 20.3 Å². The van der Waals surface area contributed by atoms with E-state index in [1.807, 2.05) is 0 Å². The predicted octanol–water partition coefficient (Wildman–Crippen LogP) is -3.95. The molecule has 0 heterocycles. The van der Waals surface area contributed by atoms with Crippen LogP contribution in [0.15, 0.2) is 0 Å². The normalized spacial score (nSPS) is 5.33. The van der Waals surface area contributed by atoms with Crippen LogP contribution in [0.1, 0.15) is 0 Å². The molecule has 18 heteroatoms. The van der Waals surface area contributed by atoms with Gasteiger partial charge in [-0.15, -0.1) is 0 Å². The van der Waals surface area contributed by atoms with E-state index >= 15 is 0 Å². The molecule has 16 nitrogen and oxygen atoms in total. The van der Waals surface area contributed by atoms with Crippen molar-refractivity contribution in [3.05, 3.63) is 61.3 Å². The molecular formula is KLaN4O12. The van der Waals surface area contributed by atoms with Crippen molar-refractivity contribution in [2.45, 2.75) is 0 Å².